The van der Waals surface area contributed by atoms with Crippen molar-refractivity contribution in [1.82, 2.24) is 9.78 Å². The number of hydrogen-bond acceptors (Lipinski definition) is 3. The number of nitrogens with zero attached hydrogens (tertiary/aromatic N) is 2. The van der Waals surface area contributed by atoms with Gasteiger partial charge in [0.1, 0.15) is 17.1 Å². The van der Waals surface area contributed by atoms with Crippen LogP contribution in [0.2, 0.25) is 0 Å². The first-order valence-electron chi connectivity index (χ1n) is 7.73. The van der Waals surface area contributed by atoms with E-state index in [1.54, 1.807) is 7.05 Å². The van der Waals surface area contributed by atoms with Crippen molar-refractivity contribution in [3.8, 4) is 11.3 Å². The molecule has 5 heteroatoms. The number of amides is 1. The number of nitrogen functional groups attached to an aromatic ring is 1. The lowest BCUT2D eigenvalue weighted by Crippen LogP contribution is -2.14. The van der Waals surface area contributed by atoms with Gasteiger partial charge in [-0.25, -0.2) is 0 Å². The molecule has 0 unspecified atom stereocenters. The van der Waals surface area contributed by atoms with Gasteiger partial charge in [-0.2, -0.15) is 5.10 Å². The van der Waals surface area contributed by atoms with Crippen molar-refractivity contribution < 1.29 is 4.79 Å². The molecule has 0 saturated carbocycles. The lowest BCUT2D eigenvalue weighted by Gasteiger charge is -2.05. The molecule has 0 aliphatic heterocycles. The highest BCUT2D eigenvalue weighted by Gasteiger charge is 2.19. The van der Waals surface area contributed by atoms with Crippen LogP contribution in [0.3, 0.4) is 0 Å². The fraction of sp³-hybridized carbons (Fsp3) is 0.158. The Morgan fingerprint density at radius 2 is 1.83 bits per heavy atom. The maximum atomic E-state index is 11.7. The first-order valence-corrected chi connectivity index (χ1v) is 7.73. The van der Waals surface area contributed by atoms with E-state index in [1.165, 1.54) is 21.4 Å². The van der Waals surface area contributed by atoms with E-state index in [4.69, 9.17) is 11.5 Å². The summed E-state index contributed by atoms with van der Waals surface area (Å²) in [5.74, 6) is -0.291. The van der Waals surface area contributed by atoms with Gasteiger partial charge in [0, 0.05) is 12.6 Å². The molecule has 24 heavy (non-hydrogen) atoms. The summed E-state index contributed by atoms with van der Waals surface area (Å²) in [6.07, 6.45) is 0.856. The van der Waals surface area contributed by atoms with Crippen LogP contribution in [0.25, 0.3) is 11.3 Å². The van der Waals surface area contributed by atoms with Crippen molar-refractivity contribution in [1.29, 1.82) is 0 Å². The van der Waals surface area contributed by atoms with Gasteiger partial charge >= 0.3 is 0 Å². The van der Waals surface area contributed by atoms with Gasteiger partial charge in [-0.1, -0.05) is 54.1 Å². The smallest absolute Gasteiger partial charge is 0.254 e. The Morgan fingerprint density at radius 3 is 2.46 bits per heavy atom. The van der Waals surface area contributed by atoms with Crippen molar-refractivity contribution >= 4 is 11.7 Å². The van der Waals surface area contributed by atoms with Crippen LogP contribution in [-0.2, 0) is 13.5 Å². The van der Waals surface area contributed by atoms with Crippen molar-refractivity contribution in [3.63, 3.8) is 0 Å². The molecule has 0 spiro atoms. The Labute approximate surface area is 140 Å². The van der Waals surface area contributed by atoms with Gasteiger partial charge < -0.3 is 11.5 Å². The molecular formula is C19H20N4O. The summed E-state index contributed by atoms with van der Waals surface area (Å²) in [4.78, 5) is 11.7. The maximum absolute atomic E-state index is 11.7. The van der Waals surface area contributed by atoms with E-state index < -0.39 is 5.91 Å². The number of benzene rings is 2. The number of hydrogen-bond donors (Lipinski definition) is 2. The Kier molecular flexibility index (Phi) is 4.08. The van der Waals surface area contributed by atoms with Crippen LogP contribution in [0.5, 0.6) is 0 Å². The zero-order valence-electron chi connectivity index (χ0n) is 13.8. The molecule has 5 nitrogen and oxygen atoms in total. The van der Waals surface area contributed by atoms with Crippen molar-refractivity contribution in [2.45, 2.75) is 13.3 Å². The summed E-state index contributed by atoms with van der Waals surface area (Å²) < 4.78 is 1.47. The Morgan fingerprint density at radius 1 is 1.12 bits per heavy atom. The summed E-state index contributed by atoms with van der Waals surface area (Å²) >= 11 is 0. The molecule has 1 amide bonds. The molecule has 0 saturated heterocycles. The molecule has 1 aromatic heterocycles. The van der Waals surface area contributed by atoms with E-state index in [9.17, 15) is 4.79 Å². The van der Waals surface area contributed by atoms with E-state index in [0.29, 0.717) is 5.69 Å². The largest absolute Gasteiger partial charge is 0.383 e. The molecule has 0 aliphatic carbocycles. The Hall–Kier alpha value is -3.08. The average molecular weight is 320 g/mol. The van der Waals surface area contributed by atoms with Crippen molar-refractivity contribution in [3.05, 3.63) is 70.8 Å². The molecule has 0 atom stereocenters. The fourth-order valence-electron chi connectivity index (χ4n) is 2.82. The minimum absolute atomic E-state index is 0.268. The monoisotopic (exact) mass is 320 g/mol. The summed E-state index contributed by atoms with van der Waals surface area (Å²) in [5.41, 5.74) is 16.6. The van der Waals surface area contributed by atoms with E-state index >= 15 is 0 Å². The highest BCUT2D eigenvalue weighted by Crippen LogP contribution is 2.27. The predicted octanol–water partition coefficient (Wildman–Crippen LogP) is 2.67. The third kappa shape index (κ3) is 3.01. The molecule has 0 bridgehead atoms. The van der Waals surface area contributed by atoms with Gasteiger partial charge in [0.15, 0.2) is 0 Å². The number of nitrogens with two attached hydrogens (primary N) is 2. The topological polar surface area (TPSA) is 86.9 Å². The number of carbonyl (C=O) groups excluding carboxylic acids is 1. The van der Waals surface area contributed by atoms with Gasteiger partial charge in [-0.3, -0.25) is 9.48 Å². The minimum Gasteiger partial charge on any atom is -0.383 e. The zero-order chi connectivity index (χ0) is 17.3. The third-order valence-electron chi connectivity index (χ3n) is 4.06. The average Bonchev–Trinajstić information content (AvgIpc) is 2.84. The van der Waals surface area contributed by atoms with Gasteiger partial charge in [0.2, 0.25) is 0 Å². The molecule has 3 rings (SSSR count). The summed E-state index contributed by atoms with van der Waals surface area (Å²) in [6.45, 7) is 2.09. The van der Waals surface area contributed by atoms with Gasteiger partial charge in [0.05, 0.1) is 0 Å². The van der Waals surface area contributed by atoms with E-state index in [0.717, 1.165) is 12.0 Å². The number of anilines is 1. The van der Waals surface area contributed by atoms with Crippen LogP contribution in [0.15, 0.2) is 48.5 Å². The van der Waals surface area contributed by atoms with Crippen LogP contribution in [0, 0.1) is 6.92 Å². The SMILES string of the molecule is Cc1cccc(Cc2ccc(-c3nn(C)c(N)c3C(N)=O)cc2)c1. The lowest BCUT2D eigenvalue weighted by atomic mass is 10.0. The highest BCUT2D eigenvalue weighted by molar-refractivity contribution is 6.03. The quantitative estimate of drug-likeness (QED) is 0.775. The van der Waals surface area contributed by atoms with E-state index in [1.807, 2.05) is 24.3 Å². The molecule has 4 N–H and O–H groups in total. The fourth-order valence-corrected chi connectivity index (χ4v) is 2.82. The molecule has 3 aromatic rings. The molecule has 0 aliphatic rings. The normalized spacial score (nSPS) is 10.8. The second-order valence-corrected chi connectivity index (χ2v) is 5.96. The minimum atomic E-state index is -0.570. The molecule has 0 fully saturated rings. The summed E-state index contributed by atoms with van der Waals surface area (Å²) in [5, 5.41) is 4.32. The van der Waals surface area contributed by atoms with Crippen molar-refractivity contribution in [2.24, 2.45) is 12.8 Å². The molecule has 2 aromatic carbocycles. The zero-order valence-corrected chi connectivity index (χ0v) is 13.8. The van der Waals surface area contributed by atoms with E-state index in [-0.39, 0.29) is 11.4 Å². The van der Waals surface area contributed by atoms with Gasteiger partial charge in [-0.05, 0) is 24.5 Å². The molecule has 0 radical (unpaired) electrons. The predicted molar refractivity (Wildman–Crippen MR) is 95.6 cm³/mol. The first-order chi connectivity index (χ1) is 11.5. The first kappa shape index (κ1) is 15.8. The second kappa shape index (κ2) is 6.20. The third-order valence-corrected chi connectivity index (χ3v) is 4.06. The highest BCUT2D eigenvalue weighted by atomic mass is 16.1. The second-order valence-electron chi connectivity index (χ2n) is 5.96. The molecule has 122 valence electrons. The number of carbonyl (C=O) groups is 1. The standard InChI is InChI=1S/C19H20N4O/c1-12-4-3-5-14(10-12)11-13-6-8-15(9-7-13)17-16(19(21)24)18(20)23(2)22-17/h3-10H,11,20H2,1-2H3,(H2,21,24). The summed E-state index contributed by atoms with van der Waals surface area (Å²) in [7, 11) is 1.69. The van der Waals surface area contributed by atoms with Crippen LogP contribution in [0.4, 0.5) is 5.82 Å². The van der Waals surface area contributed by atoms with Crippen LogP contribution >= 0.6 is 0 Å². The van der Waals surface area contributed by atoms with Crippen molar-refractivity contribution in [2.75, 3.05) is 5.73 Å². The molecule has 1 heterocycles. The van der Waals surface area contributed by atoms with E-state index in [2.05, 4.69) is 36.3 Å². The Balaban J connectivity index is 1.90. The van der Waals surface area contributed by atoms with Gasteiger partial charge in [-0.15, -0.1) is 0 Å². The van der Waals surface area contributed by atoms with Gasteiger partial charge in [0.25, 0.3) is 5.91 Å². The number of rotatable bonds is 4. The van der Waals surface area contributed by atoms with Crippen LogP contribution in [-0.4, -0.2) is 15.7 Å². The number of primary amides is 1. The summed E-state index contributed by atoms with van der Waals surface area (Å²) in [6, 6.07) is 16.4. The Bertz CT molecular complexity index is 894. The maximum Gasteiger partial charge on any atom is 0.254 e. The lowest BCUT2D eigenvalue weighted by molar-refractivity contribution is 0.100. The van der Waals surface area contributed by atoms with Crippen LogP contribution < -0.4 is 11.5 Å². The van der Waals surface area contributed by atoms with Crippen LogP contribution in [0.1, 0.15) is 27.0 Å². The number of aromatic nitrogens is 2. The molecular weight excluding hydrogens is 300 g/mol. The number of aryl methyl sites for hydroxylation is 2.